The summed E-state index contributed by atoms with van der Waals surface area (Å²) in [5, 5.41) is 21.1. The van der Waals surface area contributed by atoms with Crippen LogP contribution in [0.2, 0.25) is 0 Å². The molecule has 0 unspecified atom stereocenters. The minimum absolute atomic E-state index is 0.106. The number of fused-ring (bicyclic) bond motifs is 1. The number of allylic oxidation sites excluding steroid dienone is 6. The second kappa shape index (κ2) is 6.49. The number of aromatic nitrogens is 1. The number of halogens is 1. The summed E-state index contributed by atoms with van der Waals surface area (Å²) in [4.78, 5) is 16.2. The molecule has 1 aromatic heterocycles. The third-order valence-corrected chi connectivity index (χ3v) is 4.25. The molecule has 0 amide bonds. The van der Waals surface area contributed by atoms with Crippen molar-refractivity contribution < 1.29 is 15.0 Å². The van der Waals surface area contributed by atoms with Crippen molar-refractivity contribution in [3.8, 4) is 5.75 Å². The zero-order chi connectivity index (χ0) is 17.3. The second-order valence-corrected chi connectivity index (χ2v) is 6.18. The standard InChI is InChI=1S/C19H16ClNO3/c1-11-4-2-7-14-16(19(23)24)18(22)15(21-17(11)14)10-12-5-3-6-13(20)9-8-12/h2-5,7-9,22H,6,10H2,1H3,(H,23,24). The number of carbonyl (C=O) groups is 1. The van der Waals surface area contributed by atoms with Gasteiger partial charge in [0.1, 0.15) is 5.56 Å². The van der Waals surface area contributed by atoms with E-state index >= 15 is 0 Å². The number of aromatic hydroxyl groups is 1. The van der Waals surface area contributed by atoms with Crippen molar-refractivity contribution in [3.05, 3.63) is 69.9 Å². The van der Waals surface area contributed by atoms with Gasteiger partial charge in [-0.1, -0.05) is 48.0 Å². The molecule has 0 saturated heterocycles. The van der Waals surface area contributed by atoms with Crippen LogP contribution in [-0.4, -0.2) is 21.2 Å². The number of hydrogen-bond donors (Lipinski definition) is 2. The molecule has 0 radical (unpaired) electrons. The van der Waals surface area contributed by atoms with Crippen LogP contribution in [0, 0.1) is 6.92 Å². The summed E-state index contributed by atoms with van der Waals surface area (Å²) in [6, 6.07) is 5.29. The predicted octanol–water partition coefficient (Wildman–Crippen LogP) is 4.50. The van der Waals surface area contributed by atoms with Gasteiger partial charge in [-0.05, 0) is 24.1 Å². The maximum atomic E-state index is 11.6. The fraction of sp³-hybridized carbons (Fsp3) is 0.158. The molecule has 2 aromatic rings. The molecule has 3 rings (SSSR count). The zero-order valence-electron chi connectivity index (χ0n) is 13.1. The molecule has 1 heterocycles. The van der Waals surface area contributed by atoms with Crippen LogP contribution >= 0.6 is 11.6 Å². The first-order valence-electron chi connectivity index (χ1n) is 7.53. The molecule has 122 valence electrons. The van der Waals surface area contributed by atoms with Crippen LogP contribution in [0.3, 0.4) is 0 Å². The van der Waals surface area contributed by atoms with Gasteiger partial charge in [-0.3, -0.25) is 0 Å². The Labute approximate surface area is 144 Å². The Balaban J connectivity index is 2.17. The summed E-state index contributed by atoms with van der Waals surface area (Å²) in [6.45, 7) is 1.87. The highest BCUT2D eigenvalue weighted by molar-refractivity contribution is 6.29. The number of nitrogens with zero attached hydrogens (tertiary/aromatic N) is 1. The molecule has 0 fully saturated rings. The quantitative estimate of drug-likeness (QED) is 0.862. The fourth-order valence-corrected chi connectivity index (χ4v) is 2.92. The number of benzene rings is 1. The zero-order valence-corrected chi connectivity index (χ0v) is 13.8. The van der Waals surface area contributed by atoms with Gasteiger partial charge in [0.2, 0.25) is 0 Å². The molecule has 1 aliphatic rings. The van der Waals surface area contributed by atoms with Gasteiger partial charge in [-0.2, -0.15) is 0 Å². The number of aryl methyl sites for hydroxylation is 1. The summed E-state index contributed by atoms with van der Waals surface area (Å²) in [7, 11) is 0. The monoisotopic (exact) mass is 341 g/mol. The summed E-state index contributed by atoms with van der Waals surface area (Å²) < 4.78 is 0. The number of hydrogen-bond acceptors (Lipinski definition) is 3. The van der Waals surface area contributed by atoms with Gasteiger partial charge in [0.15, 0.2) is 5.75 Å². The van der Waals surface area contributed by atoms with E-state index in [2.05, 4.69) is 4.98 Å². The molecule has 5 heteroatoms. The lowest BCUT2D eigenvalue weighted by Crippen LogP contribution is -2.05. The number of rotatable bonds is 3. The van der Waals surface area contributed by atoms with Crippen LogP contribution in [-0.2, 0) is 6.42 Å². The van der Waals surface area contributed by atoms with Crippen molar-refractivity contribution in [3.63, 3.8) is 0 Å². The SMILES string of the molecule is Cc1cccc2c(C(=O)O)c(O)c(CC3=CC=C(Cl)CC=C3)nc12. The molecule has 24 heavy (non-hydrogen) atoms. The van der Waals surface area contributed by atoms with Crippen molar-refractivity contribution in [1.29, 1.82) is 0 Å². The Morgan fingerprint density at radius 2 is 2.12 bits per heavy atom. The Morgan fingerprint density at radius 3 is 2.88 bits per heavy atom. The molecule has 4 nitrogen and oxygen atoms in total. The largest absolute Gasteiger partial charge is 0.505 e. The lowest BCUT2D eigenvalue weighted by molar-refractivity contribution is 0.0695. The highest BCUT2D eigenvalue weighted by atomic mass is 35.5. The molecule has 0 bridgehead atoms. The molecule has 1 aliphatic carbocycles. The van der Waals surface area contributed by atoms with Crippen molar-refractivity contribution in [2.75, 3.05) is 0 Å². The molecule has 1 aromatic carbocycles. The van der Waals surface area contributed by atoms with Gasteiger partial charge in [0.05, 0.1) is 11.2 Å². The van der Waals surface area contributed by atoms with Gasteiger partial charge in [-0.15, -0.1) is 0 Å². The lowest BCUT2D eigenvalue weighted by Gasteiger charge is -2.12. The number of carboxylic acid groups (broad SMARTS) is 1. The van der Waals surface area contributed by atoms with Crippen LogP contribution in [0.1, 0.15) is 28.0 Å². The first-order chi connectivity index (χ1) is 11.5. The maximum Gasteiger partial charge on any atom is 0.340 e. The van der Waals surface area contributed by atoms with E-state index in [0.29, 0.717) is 29.4 Å². The number of para-hydroxylation sites is 1. The van der Waals surface area contributed by atoms with E-state index in [1.807, 2.05) is 31.2 Å². The normalized spacial score (nSPS) is 14.2. The first-order valence-corrected chi connectivity index (χ1v) is 7.91. The Hall–Kier alpha value is -2.59. The highest BCUT2D eigenvalue weighted by Gasteiger charge is 2.20. The van der Waals surface area contributed by atoms with E-state index in [1.165, 1.54) is 0 Å². The average molecular weight is 342 g/mol. The van der Waals surface area contributed by atoms with Crippen molar-refractivity contribution in [2.45, 2.75) is 19.8 Å². The van der Waals surface area contributed by atoms with Crippen LogP contribution in [0.15, 0.2) is 53.1 Å². The van der Waals surface area contributed by atoms with Crippen LogP contribution in [0.4, 0.5) is 0 Å². The number of carboxylic acids is 1. The highest BCUT2D eigenvalue weighted by Crippen LogP contribution is 2.32. The minimum Gasteiger partial charge on any atom is -0.505 e. The van der Waals surface area contributed by atoms with Gasteiger partial charge < -0.3 is 10.2 Å². The van der Waals surface area contributed by atoms with Gasteiger partial charge in [0.25, 0.3) is 0 Å². The van der Waals surface area contributed by atoms with Crippen LogP contribution < -0.4 is 0 Å². The van der Waals surface area contributed by atoms with E-state index in [4.69, 9.17) is 11.6 Å². The van der Waals surface area contributed by atoms with E-state index in [1.54, 1.807) is 18.2 Å². The smallest absolute Gasteiger partial charge is 0.340 e. The third kappa shape index (κ3) is 3.05. The van der Waals surface area contributed by atoms with Crippen molar-refractivity contribution >= 4 is 28.5 Å². The molecule has 0 aliphatic heterocycles. The van der Waals surface area contributed by atoms with Gasteiger partial charge >= 0.3 is 5.97 Å². The van der Waals surface area contributed by atoms with Crippen molar-refractivity contribution in [2.24, 2.45) is 0 Å². The fourth-order valence-electron chi connectivity index (χ4n) is 2.76. The molecule has 2 N–H and O–H groups in total. The maximum absolute atomic E-state index is 11.6. The Morgan fingerprint density at radius 1 is 1.33 bits per heavy atom. The molecular weight excluding hydrogens is 326 g/mol. The van der Waals surface area contributed by atoms with Crippen molar-refractivity contribution in [1.82, 2.24) is 4.98 Å². The molecule has 0 saturated carbocycles. The predicted molar refractivity (Wildman–Crippen MR) is 94.6 cm³/mol. The molecular formula is C19H16ClNO3. The summed E-state index contributed by atoms with van der Waals surface area (Å²) in [5.74, 6) is -1.45. The van der Waals surface area contributed by atoms with E-state index in [9.17, 15) is 15.0 Å². The van der Waals surface area contributed by atoms with Crippen LogP contribution in [0.25, 0.3) is 10.9 Å². The lowest BCUT2D eigenvalue weighted by atomic mass is 10.0. The number of aromatic carboxylic acids is 1. The average Bonchev–Trinajstić information content (AvgIpc) is 2.73. The Kier molecular flexibility index (Phi) is 4.40. The molecule has 0 spiro atoms. The van der Waals surface area contributed by atoms with Gasteiger partial charge in [-0.25, -0.2) is 9.78 Å². The molecule has 0 atom stereocenters. The minimum atomic E-state index is -1.17. The summed E-state index contributed by atoms with van der Waals surface area (Å²) >= 11 is 6.01. The summed E-state index contributed by atoms with van der Waals surface area (Å²) in [6.07, 6.45) is 8.48. The van der Waals surface area contributed by atoms with Gasteiger partial charge in [0, 0.05) is 23.3 Å². The van der Waals surface area contributed by atoms with Crippen LogP contribution in [0.5, 0.6) is 5.75 Å². The first kappa shape index (κ1) is 16.3. The van der Waals surface area contributed by atoms with E-state index in [-0.39, 0.29) is 11.3 Å². The summed E-state index contributed by atoms with van der Waals surface area (Å²) in [5.41, 5.74) is 2.60. The third-order valence-electron chi connectivity index (χ3n) is 3.97. The number of pyridine rings is 1. The van der Waals surface area contributed by atoms with E-state index < -0.39 is 5.97 Å². The topological polar surface area (TPSA) is 70.4 Å². The Bertz CT molecular complexity index is 926. The van der Waals surface area contributed by atoms with E-state index in [0.717, 1.165) is 16.2 Å². The second-order valence-electron chi connectivity index (χ2n) is 5.70.